The fourth-order valence-corrected chi connectivity index (χ4v) is 3.18. The van der Waals surface area contributed by atoms with Crippen LogP contribution in [0.3, 0.4) is 0 Å². The summed E-state index contributed by atoms with van der Waals surface area (Å²) in [6.07, 6.45) is 2.03. The quantitative estimate of drug-likeness (QED) is 0.847. The third-order valence-electron chi connectivity index (χ3n) is 3.69. The summed E-state index contributed by atoms with van der Waals surface area (Å²) in [5.74, 6) is 0.555. The molecule has 0 bridgehead atoms. The summed E-state index contributed by atoms with van der Waals surface area (Å²) in [5, 5.41) is 0.741. The Kier molecular flexibility index (Phi) is 5.73. The minimum absolute atomic E-state index is 0.139. The molecule has 1 fully saturated rings. The number of halogens is 2. The number of amides is 1. The van der Waals surface area contributed by atoms with E-state index in [1.54, 1.807) is 24.1 Å². The van der Waals surface area contributed by atoms with Crippen LogP contribution in [0.25, 0.3) is 0 Å². The molecule has 0 aromatic heterocycles. The van der Waals surface area contributed by atoms with Crippen molar-refractivity contribution < 1.29 is 14.3 Å². The first-order chi connectivity index (χ1) is 10.1. The first-order valence-electron chi connectivity index (χ1n) is 6.88. The summed E-state index contributed by atoms with van der Waals surface area (Å²) in [6, 6.07) is 3.25. The summed E-state index contributed by atoms with van der Waals surface area (Å²) in [4.78, 5) is 14.6. The highest BCUT2D eigenvalue weighted by atomic mass is 35.5. The van der Waals surface area contributed by atoms with E-state index in [9.17, 15) is 4.79 Å². The van der Waals surface area contributed by atoms with Gasteiger partial charge in [0.2, 0.25) is 0 Å². The molecule has 1 aromatic rings. The number of benzene rings is 1. The number of carbonyl (C=O) groups is 1. The fourth-order valence-electron chi connectivity index (χ4n) is 2.71. The maximum atomic E-state index is 12.8. The number of hydrogen-bond donors (Lipinski definition) is 0. The molecule has 116 valence electrons. The molecule has 1 saturated heterocycles. The maximum Gasteiger partial charge on any atom is 0.259 e. The van der Waals surface area contributed by atoms with Crippen molar-refractivity contribution in [1.82, 2.24) is 4.90 Å². The van der Waals surface area contributed by atoms with Crippen molar-refractivity contribution in [1.29, 1.82) is 0 Å². The lowest BCUT2D eigenvalue weighted by molar-refractivity contribution is 0.0568. The van der Waals surface area contributed by atoms with Gasteiger partial charge >= 0.3 is 0 Å². The Bertz CT molecular complexity index is 520. The Morgan fingerprint density at radius 1 is 1.33 bits per heavy atom. The molecule has 21 heavy (non-hydrogen) atoms. The summed E-state index contributed by atoms with van der Waals surface area (Å²) >= 11 is 12.3. The predicted molar refractivity (Wildman–Crippen MR) is 83.5 cm³/mol. The molecular weight excluding hydrogens is 313 g/mol. The van der Waals surface area contributed by atoms with E-state index in [0.717, 1.165) is 12.8 Å². The monoisotopic (exact) mass is 331 g/mol. The summed E-state index contributed by atoms with van der Waals surface area (Å²) in [5.41, 5.74) is 0.338. The van der Waals surface area contributed by atoms with Crippen molar-refractivity contribution >= 4 is 29.1 Å². The van der Waals surface area contributed by atoms with Crippen molar-refractivity contribution in [3.8, 4) is 5.75 Å². The van der Waals surface area contributed by atoms with Crippen LogP contribution in [-0.4, -0.2) is 44.7 Å². The molecule has 1 amide bonds. The average Bonchev–Trinajstić information content (AvgIpc) is 2.49. The van der Waals surface area contributed by atoms with Gasteiger partial charge in [-0.3, -0.25) is 4.79 Å². The number of carbonyl (C=O) groups excluding carboxylic acids is 1. The highest BCUT2D eigenvalue weighted by Gasteiger charge is 2.28. The molecule has 6 heteroatoms. The number of hydrogen-bond acceptors (Lipinski definition) is 3. The Morgan fingerprint density at radius 2 is 2.05 bits per heavy atom. The number of rotatable bonds is 4. The number of methoxy groups -OCH3 is 2. The van der Waals surface area contributed by atoms with Crippen molar-refractivity contribution in [2.45, 2.75) is 12.8 Å². The summed E-state index contributed by atoms with van der Waals surface area (Å²) in [7, 11) is 3.16. The highest BCUT2D eigenvalue weighted by molar-refractivity contribution is 6.37. The van der Waals surface area contributed by atoms with E-state index >= 15 is 0 Å². The van der Waals surface area contributed by atoms with E-state index in [-0.39, 0.29) is 5.91 Å². The molecular formula is C15H19Cl2NO3. The average molecular weight is 332 g/mol. The zero-order chi connectivity index (χ0) is 15.4. The van der Waals surface area contributed by atoms with Gasteiger partial charge in [0.15, 0.2) is 5.75 Å². The molecule has 0 radical (unpaired) electrons. The third kappa shape index (κ3) is 3.62. The van der Waals surface area contributed by atoms with Gasteiger partial charge < -0.3 is 14.4 Å². The molecule has 1 atom stereocenters. The molecule has 1 aliphatic rings. The topological polar surface area (TPSA) is 38.8 Å². The molecule has 1 heterocycles. The third-order valence-corrected chi connectivity index (χ3v) is 4.30. The zero-order valence-corrected chi connectivity index (χ0v) is 13.7. The maximum absolute atomic E-state index is 12.8. The number of likely N-dealkylation sites (tertiary alicyclic amines) is 1. The van der Waals surface area contributed by atoms with Gasteiger partial charge in [0.1, 0.15) is 5.56 Å². The smallest absolute Gasteiger partial charge is 0.259 e. The SMILES string of the molecule is COCC1CCCN(C(=O)c2c(Cl)ccc(Cl)c2OC)C1. The molecule has 0 aliphatic carbocycles. The van der Waals surface area contributed by atoms with Gasteiger partial charge in [-0.1, -0.05) is 23.2 Å². The largest absolute Gasteiger partial charge is 0.494 e. The van der Waals surface area contributed by atoms with E-state index in [1.165, 1.54) is 7.11 Å². The van der Waals surface area contributed by atoms with Gasteiger partial charge in [0, 0.05) is 20.2 Å². The lowest BCUT2D eigenvalue weighted by Crippen LogP contribution is -2.41. The minimum atomic E-state index is -0.139. The molecule has 1 unspecified atom stereocenters. The first-order valence-corrected chi connectivity index (χ1v) is 7.64. The van der Waals surface area contributed by atoms with Crippen LogP contribution in [-0.2, 0) is 4.74 Å². The van der Waals surface area contributed by atoms with Crippen LogP contribution in [0.15, 0.2) is 12.1 Å². The standard InChI is InChI=1S/C15H19Cl2NO3/c1-20-9-10-4-3-7-18(8-10)15(19)13-11(16)5-6-12(17)14(13)21-2/h5-6,10H,3-4,7-9H2,1-2H3. The Balaban J connectivity index is 2.25. The predicted octanol–water partition coefficient (Wildman–Crippen LogP) is 3.50. The zero-order valence-electron chi connectivity index (χ0n) is 12.2. The Labute approximate surface area is 134 Å². The van der Waals surface area contributed by atoms with Gasteiger partial charge in [-0.2, -0.15) is 0 Å². The van der Waals surface area contributed by atoms with Gasteiger partial charge in [0.05, 0.1) is 23.8 Å². The van der Waals surface area contributed by atoms with Crippen molar-refractivity contribution in [3.63, 3.8) is 0 Å². The number of piperidine rings is 1. The molecule has 1 aromatic carbocycles. The van der Waals surface area contributed by atoms with E-state index < -0.39 is 0 Å². The van der Waals surface area contributed by atoms with E-state index in [2.05, 4.69) is 0 Å². The first kappa shape index (κ1) is 16.4. The van der Waals surface area contributed by atoms with Crippen molar-refractivity contribution in [2.75, 3.05) is 33.9 Å². The second-order valence-electron chi connectivity index (χ2n) is 5.15. The molecule has 0 saturated carbocycles. The van der Waals surface area contributed by atoms with Crippen molar-refractivity contribution in [2.24, 2.45) is 5.92 Å². The van der Waals surface area contributed by atoms with Gasteiger partial charge in [-0.25, -0.2) is 0 Å². The second kappa shape index (κ2) is 7.34. The van der Waals surface area contributed by atoms with E-state index in [1.807, 2.05) is 0 Å². The second-order valence-corrected chi connectivity index (χ2v) is 5.97. The van der Waals surface area contributed by atoms with Crippen LogP contribution in [0.4, 0.5) is 0 Å². The summed E-state index contributed by atoms with van der Waals surface area (Å²) in [6.45, 7) is 2.04. The lowest BCUT2D eigenvalue weighted by Gasteiger charge is -2.33. The molecule has 2 rings (SSSR count). The van der Waals surface area contributed by atoms with Crippen LogP contribution in [0, 0.1) is 5.92 Å². The van der Waals surface area contributed by atoms with Gasteiger partial charge in [0.25, 0.3) is 5.91 Å². The molecule has 1 aliphatic heterocycles. The van der Waals surface area contributed by atoms with Gasteiger partial charge in [-0.15, -0.1) is 0 Å². The number of nitrogens with zero attached hydrogens (tertiary/aromatic N) is 1. The number of ether oxygens (including phenoxy) is 2. The van der Waals surface area contributed by atoms with Crippen LogP contribution in [0.2, 0.25) is 10.0 Å². The molecule has 0 N–H and O–H groups in total. The van der Waals surface area contributed by atoms with E-state index in [0.29, 0.717) is 47.0 Å². The van der Waals surface area contributed by atoms with Crippen LogP contribution in [0.5, 0.6) is 5.75 Å². The normalized spacial score (nSPS) is 18.7. The van der Waals surface area contributed by atoms with Gasteiger partial charge in [-0.05, 0) is 30.9 Å². The van der Waals surface area contributed by atoms with Crippen molar-refractivity contribution in [3.05, 3.63) is 27.7 Å². The fraction of sp³-hybridized carbons (Fsp3) is 0.533. The molecule has 4 nitrogen and oxygen atoms in total. The minimum Gasteiger partial charge on any atom is -0.494 e. The van der Waals surface area contributed by atoms with Crippen LogP contribution >= 0.6 is 23.2 Å². The summed E-state index contributed by atoms with van der Waals surface area (Å²) < 4.78 is 10.4. The van der Waals surface area contributed by atoms with Crippen LogP contribution in [0.1, 0.15) is 23.2 Å². The van der Waals surface area contributed by atoms with E-state index in [4.69, 9.17) is 32.7 Å². The molecule has 0 spiro atoms. The van der Waals surface area contributed by atoms with Crippen LogP contribution < -0.4 is 4.74 Å². The Hall–Kier alpha value is -0.970. The highest BCUT2D eigenvalue weighted by Crippen LogP contribution is 2.35. The lowest BCUT2D eigenvalue weighted by atomic mass is 9.98. The Morgan fingerprint density at radius 3 is 2.71 bits per heavy atom.